The molecular weight excluding hydrogens is 173 g/mol. The Balaban J connectivity index is 4.17. The number of rotatable bonds is 3. The van der Waals surface area contributed by atoms with Gasteiger partial charge in [-0.05, 0) is 11.1 Å². The summed E-state index contributed by atoms with van der Waals surface area (Å²) in [5.41, 5.74) is -3.31. The number of methoxy groups -OCH3 is 1. The Morgan fingerprint density at radius 2 is 2.10 bits per heavy atom. The third kappa shape index (κ3) is 2.24. The van der Waals surface area contributed by atoms with Crippen molar-refractivity contribution in [2.75, 3.05) is 7.11 Å². The van der Waals surface area contributed by atoms with E-state index in [4.69, 9.17) is 0 Å². The zero-order chi connectivity index (χ0) is 8.36. The zero-order valence-electron chi connectivity index (χ0n) is 4.84. The Kier molecular flexibility index (Phi) is 3.26. The van der Waals surface area contributed by atoms with Crippen LogP contribution in [0.5, 0.6) is 0 Å². The molecule has 0 spiro atoms. The lowest BCUT2D eigenvalue weighted by Crippen LogP contribution is -2.35. The highest BCUT2D eigenvalue weighted by atomic mass is 32.2. The van der Waals surface area contributed by atoms with Gasteiger partial charge < -0.3 is 9.29 Å². The van der Waals surface area contributed by atoms with E-state index in [-0.39, 0.29) is 0 Å². The molecule has 0 amide bonds. The number of hydrogen-bond acceptors (Lipinski definition) is 3. The monoisotopic (exact) mass is 177 g/mol. The Morgan fingerprint density at radius 1 is 1.70 bits per heavy atom. The summed E-state index contributed by atoms with van der Waals surface area (Å²) >= 11 is -3.47. The van der Waals surface area contributed by atoms with Gasteiger partial charge in [-0.25, -0.2) is 4.39 Å². The summed E-state index contributed by atoms with van der Waals surface area (Å²) in [6, 6.07) is 0. The van der Waals surface area contributed by atoms with Gasteiger partial charge in [0.05, 0.1) is 0 Å². The SMILES string of the molecule is COC(F)(F)C(F)S(=O)[O-]. The molecule has 0 aromatic rings. The van der Waals surface area contributed by atoms with Crippen LogP contribution in [0.15, 0.2) is 0 Å². The summed E-state index contributed by atoms with van der Waals surface area (Å²) in [4.78, 5) is 0. The van der Waals surface area contributed by atoms with Gasteiger partial charge in [-0.1, -0.05) is 0 Å². The van der Waals surface area contributed by atoms with Crippen LogP contribution in [0.25, 0.3) is 0 Å². The number of alkyl halides is 3. The fraction of sp³-hybridized carbons (Fsp3) is 1.00. The second-order valence-corrected chi connectivity index (χ2v) is 2.28. The van der Waals surface area contributed by atoms with Gasteiger partial charge >= 0.3 is 6.11 Å². The lowest BCUT2D eigenvalue weighted by atomic mass is 10.7. The van der Waals surface area contributed by atoms with Gasteiger partial charge in [0, 0.05) is 7.11 Å². The van der Waals surface area contributed by atoms with Crippen molar-refractivity contribution in [2.45, 2.75) is 11.6 Å². The van der Waals surface area contributed by atoms with E-state index in [0.29, 0.717) is 7.11 Å². The van der Waals surface area contributed by atoms with Gasteiger partial charge in [0.1, 0.15) is 0 Å². The highest BCUT2D eigenvalue weighted by Crippen LogP contribution is 2.23. The van der Waals surface area contributed by atoms with Gasteiger partial charge in [0.15, 0.2) is 0 Å². The molecule has 0 aromatic heterocycles. The van der Waals surface area contributed by atoms with Gasteiger partial charge in [0.25, 0.3) is 5.50 Å². The Morgan fingerprint density at radius 3 is 2.20 bits per heavy atom. The van der Waals surface area contributed by atoms with Crippen molar-refractivity contribution in [3.05, 3.63) is 0 Å². The summed E-state index contributed by atoms with van der Waals surface area (Å²) in [5, 5.41) is 0. The molecule has 0 fully saturated rings. The molecule has 7 heteroatoms. The van der Waals surface area contributed by atoms with Crippen LogP contribution in [0.1, 0.15) is 0 Å². The molecular formula is C3H4F3O3S-. The van der Waals surface area contributed by atoms with Crippen molar-refractivity contribution < 1.29 is 26.7 Å². The van der Waals surface area contributed by atoms with E-state index in [2.05, 4.69) is 4.74 Å². The van der Waals surface area contributed by atoms with Crippen molar-refractivity contribution >= 4 is 11.1 Å². The van der Waals surface area contributed by atoms with E-state index < -0.39 is 22.7 Å². The predicted molar refractivity (Wildman–Crippen MR) is 25.8 cm³/mol. The molecule has 10 heavy (non-hydrogen) atoms. The van der Waals surface area contributed by atoms with Crippen LogP contribution in [0.4, 0.5) is 13.2 Å². The van der Waals surface area contributed by atoms with Gasteiger partial charge in [0.2, 0.25) is 0 Å². The standard InChI is InChI=1S/C3H5F3O3S/c1-9-3(5,6)2(4)10(7)8/h2H,1H3,(H,7,8)/p-1. The van der Waals surface area contributed by atoms with Crippen LogP contribution in [0.3, 0.4) is 0 Å². The normalized spacial score (nSPS) is 18.5. The minimum absolute atomic E-state index is 0.513. The van der Waals surface area contributed by atoms with Crippen molar-refractivity contribution in [1.82, 2.24) is 0 Å². The minimum atomic E-state index is -4.26. The van der Waals surface area contributed by atoms with Crippen molar-refractivity contribution in [3.8, 4) is 0 Å². The molecule has 0 bridgehead atoms. The summed E-state index contributed by atoms with van der Waals surface area (Å²) in [6.45, 7) is 0. The molecule has 0 radical (unpaired) electrons. The van der Waals surface area contributed by atoms with E-state index >= 15 is 0 Å². The fourth-order valence-electron chi connectivity index (χ4n) is 0.205. The molecule has 0 aliphatic rings. The molecule has 0 saturated carbocycles. The number of halogens is 3. The van der Waals surface area contributed by atoms with Gasteiger partial charge in [-0.2, -0.15) is 8.78 Å². The Bertz CT molecular complexity index is 139. The van der Waals surface area contributed by atoms with Crippen LogP contribution in [0, 0.1) is 0 Å². The summed E-state index contributed by atoms with van der Waals surface area (Å²) in [7, 11) is 0.513. The molecule has 0 aliphatic carbocycles. The minimum Gasteiger partial charge on any atom is -0.770 e. The second kappa shape index (κ2) is 3.31. The maximum absolute atomic E-state index is 11.8. The third-order valence-electron chi connectivity index (χ3n) is 0.705. The summed E-state index contributed by atoms with van der Waals surface area (Å²) in [6.07, 6.45) is -4.26. The first kappa shape index (κ1) is 9.86. The topological polar surface area (TPSA) is 49.4 Å². The molecule has 2 unspecified atom stereocenters. The van der Waals surface area contributed by atoms with Crippen LogP contribution >= 0.6 is 0 Å². The van der Waals surface area contributed by atoms with E-state index in [1.165, 1.54) is 0 Å². The molecule has 0 saturated heterocycles. The summed E-state index contributed by atoms with van der Waals surface area (Å²) in [5.74, 6) is 0. The first-order valence-corrected chi connectivity index (χ1v) is 3.20. The lowest BCUT2D eigenvalue weighted by molar-refractivity contribution is -0.240. The third-order valence-corrected chi connectivity index (χ3v) is 1.32. The van der Waals surface area contributed by atoms with Gasteiger partial charge in [-0.3, -0.25) is 4.21 Å². The largest absolute Gasteiger partial charge is 0.770 e. The molecule has 0 rings (SSSR count). The van der Waals surface area contributed by atoms with Crippen LogP contribution < -0.4 is 0 Å². The average molecular weight is 177 g/mol. The summed E-state index contributed by atoms with van der Waals surface area (Å²) < 4.78 is 57.8. The molecule has 3 nitrogen and oxygen atoms in total. The maximum Gasteiger partial charge on any atom is 0.397 e. The van der Waals surface area contributed by atoms with E-state index in [1.54, 1.807) is 0 Å². The van der Waals surface area contributed by atoms with Crippen LogP contribution in [-0.2, 0) is 15.8 Å². The van der Waals surface area contributed by atoms with Crippen molar-refractivity contribution in [2.24, 2.45) is 0 Å². The first-order chi connectivity index (χ1) is 4.41. The van der Waals surface area contributed by atoms with Crippen LogP contribution in [0.2, 0.25) is 0 Å². The molecule has 0 aromatic carbocycles. The average Bonchev–Trinajstić information content (AvgIpc) is 1.86. The highest BCUT2D eigenvalue weighted by molar-refractivity contribution is 7.79. The van der Waals surface area contributed by atoms with Crippen LogP contribution in [-0.4, -0.2) is 27.5 Å². The van der Waals surface area contributed by atoms with E-state index in [1.807, 2.05) is 0 Å². The highest BCUT2D eigenvalue weighted by Gasteiger charge is 2.41. The molecule has 0 heterocycles. The van der Waals surface area contributed by atoms with E-state index in [9.17, 15) is 21.9 Å². The quantitative estimate of drug-likeness (QED) is 0.586. The molecule has 0 N–H and O–H groups in total. The fourth-order valence-corrected chi connectivity index (χ4v) is 0.525. The van der Waals surface area contributed by atoms with Gasteiger partial charge in [-0.15, -0.1) is 0 Å². The Hall–Kier alpha value is -0.140. The smallest absolute Gasteiger partial charge is 0.397 e. The molecule has 2 atom stereocenters. The molecule has 62 valence electrons. The molecule has 0 aliphatic heterocycles. The zero-order valence-corrected chi connectivity index (χ0v) is 5.66. The second-order valence-electron chi connectivity index (χ2n) is 1.34. The Labute approximate surface area is 57.5 Å². The maximum atomic E-state index is 11.8. The predicted octanol–water partition coefficient (Wildman–Crippen LogP) is 0.400. The van der Waals surface area contributed by atoms with Crippen molar-refractivity contribution in [1.29, 1.82) is 0 Å². The van der Waals surface area contributed by atoms with E-state index in [0.717, 1.165) is 0 Å². The lowest BCUT2D eigenvalue weighted by Gasteiger charge is -2.19. The first-order valence-electron chi connectivity index (χ1n) is 2.07. The van der Waals surface area contributed by atoms with Crippen molar-refractivity contribution in [3.63, 3.8) is 0 Å². The number of ether oxygens (including phenoxy) is 1. The number of hydrogen-bond donors (Lipinski definition) is 0.